The fraction of sp³-hybridized carbons (Fsp3) is 0. The monoisotopic (exact) mass is 347 g/mol. The number of aromatic amines is 1. The summed E-state index contributed by atoms with van der Waals surface area (Å²) in [6.07, 6.45) is 1.87. The summed E-state index contributed by atoms with van der Waals surface area (Å²) < 4.78 is 29.1. The summed E-state index contributed by atoms with van der Waals surface area (Å²) >= 11 is 0. The van der Waals surface area contributed by atoms with Gasteiger partial charge in [-0.1, -0.05) is 6.07 Å². The van der Waals surface area contributed by atoms with E-state index in [1.54, 1.807) is 6.07 Å². The van der Waals surface area contributed by atoms with Gasteiger partial charge in [0.2, 0.25) is 0 Å². The van der Waals surface area contributed by atoms with E-state index in [1.165, 1.54) is 4.52 Å². The Bertz CT molecular complexity index is 1270. The van der Waals surface area contributed by atoms with Gasteiger partial charge in [-0.15, -0.1) is 10.2 Å². The Balaban J connectivity index is 1.70. The van der Waals surface area contributed by atoms with Crippen molar-refractivity contribution in [1.82, 2.24) is 24.8 Å². The van der Waals surface area contributed by atoms with Gasteiger partial charge in [-0.25, -0.2) is 8.78 Å². The van der Waals surface area contributed by atoms with Crippen LogP contribution in [0, 0.1) is 11.6 Å². The molecule has 0 saturated heterocycles. The lowest BCUT2D eigenvalue weighted by atomic mass is 10.1. The first-order chi connectivity index (χ1) is 12.7. The molecule has 3 aromatic heterocycles. The molecule has 0 unspecified atom stereocenters. The van der Waals surface area contributed by atoms with E-state index in [-0.39, 0.29) is 11.4 Å². The Morgan fingerprint density at radius 1 is 0.885 bits per heavy atom. The Morgan fingerprint density at radius 2 is 1.81 bits per heavy atom. The third-order valence-corrected chi connectivity index (χ3v) is 4.28. The van der Waals surface area contributed by atoms with Crippen LogP contribution in [0.4, 0.5) is 8.78 Å². The van der Waals surface area contributed by atoms with Gasteiger partial charge in [-0.05, 0) is 48.5 Å². The molecule has 126 valence electrons. The van der Waals surface area contributed by atoms with Crippen molar-refractivity contribution in [3.8, 4) is 22.6 Å². The maximum atomic E-state index is 14.1. The summed E-state index contributed by atoms with van der Waals surface area (Å²) in [5.74, 6) is -0.976. The molecular weight excluding hydrogens is 336 g/mol. The Hall–Kier alpha value is -3.61. The summed E-state index contributed by atoms with van der Waals surface area (Å²) in [5.41, 5.74) is 3.08. The van der Waals surface area contributed by atoms with Crippen molar-refractivity contribution in [3.05, 3.63) is 72.4 Å². The maximum absolute atomic E-state index is 14.1. The molecule has 3 heterocycles. The summed E-state index contributed by atoms with van der Waals surface area (Å²) in [4.78, 5) is 3.14. The van der Waals surface area contributed by atoms with Crippen LogP contribution in [-0.4, -0.2) is 24.8 Å². The number of nitrogens with one attached hydrogen (secondary N) is 1. The highest BCUT2D eigenvalue weighted by molar-refractivity contribution is 5.84. The Labute approximate surface area is 145 Å². The number of hydrogen-bond donors (Lipinski definition) is 1. The van der Waals surface area contributed by atoms with Gasteiger partial charge in [-0.2, -0.15) is 9.61 Å². The molecule has 0 aliphatic carbocycles. The number of H-pyrrole nitrogens is 1. The fourth-order valence-electron chi connectivity index (χ4n) is 2.99. The number of fused-ring (bicyclic) bond motifs is 2. The quantitative estimate of drug-likeness (QED) is 0.520. The van der Waals surface area contributed by atoms with Crippen LogP contribution >= 0.6 is 0 Å². The molecule has 0 atom stereocenters. The highest BCUT2D eigenvalue weighted by Crippen LogP contribution is 2.25. The number of hydrogen-bond acceptors (Lipinski definition) is 3. The molecule has 0 radical (unpaired) electrons. The molecule has 1 N–H and O–H groups in total. The summed E-state index contributed by atoms with van der Waals surface area (Å²) in [6, 6.07) is 14.7. The van der Waals surface area contributed by atoms with Crippen molar-refractivity contribution in [2.24, 2.45) is 0 Å². The molecule has 0 spiro atoms. The van der Waals surface area contributed by atoms with Gasteiger partial charge < -0.3 is 4.98 Å². The molecule has 0 fully saturated rings. The van der Waals surface area contributed by atoms with E-state index in [0.717, 1.165) is 34.7 Å². The van der Waals surface area contributed by atoms with Crippen molar-refractivity contribution in [2.75, 3.05) is 0 Å². The third-order valence-electron chi connectivity index (χ3n) is 4.28. The first-order valence-corrected chi connectivity index (χ1v) is 7.94. The van der Waals surface area contributed by atoms with Crippen LogP contribution in [0.15, 0.2) is 60.8 Å². The molecule has 5 nitrogen and oxygen atoms in total. The SMILES string of the molecule is Fc1ccc(F)c(-c2nnc3ccc(-c4ccc5[nH]ccc5c4)nn23)c1. The highest BCUT2D eigenvalue weighted by atomic mass is 19.1. The van der Waals surface area contributed by atoms with Crippen molar-refractivity contribution in [1.29, 1.82) is 0 Å². The summed E-state index contributed by atoms with van der Waals surface area (Å²) in [6.45, 7) is 0. The minimum atomic E-state index is -0.582. The second-order valence-corrected chi connectivity index (χ2v) is 5.92. The highest BCUT2D eigenvalue weighted by Gasteiger charge is 2.15. The van der Waals surface area contributed by atoms with Gasteiger partial charge in [0.25, 0.3) is 0 Å². The Kier molecular flexibility index (Phi) is 3.08. The summed E-state index contributed by atoms with van der Waals surface area (Å²) in [7, 11) is 0. The topological polar surface area (TPSA) is 58.9 Å². The van der Waals surface area contributed by atoms with Gasteiger partial charge in [0, 0.05) is 22.7 Å². The number of benzene rings is 2. The number of rotatable bonds is 2. The van der Waals surface area contributed by atoms with Crippen molar-refractivity contribution in [2.45, 2.75) is 0 Å². The van der Waals surface area contributed by atoms with Crippen LogP contribution < -0.4 is 0 Å². The van der Waals surface area contributed by atoms with Crippen LogP contribution in [0.1, 0.15) is 0 Å². The van der Waals surface area contributed by atoms with E-state index in [4.69, 9.17) is 0 Å². The standard InChI is InChI=1S/C19H11F2N5/c20-13-2-3-15(21)14(10-13)19-24-23-18-6-5-17(25-26(18)19)11-1-4-16-12(9-11)7-8-22-16/h1-10,22H. The van der Waals surface area contributed by atoms with Crippen LogP contribution in [0.25, 0.3) is 39.2 Å². The zero-order chi connectivity index (χ0) is 17.7. The zero-order valence-electron chi connectivity index (χ0n) is 13.3. The lowest BCUT2D eigenvalue weighted by Crippen LogP contribution is -1.99. The van der Waals surface area contributed by atoms with Crippen molar-refractivity contribution >= 4 is 16.6 Å². The van der Waals surface area contributed by atoms with Gasteiger partial charge in [-0.3, -0.25) is 0 Å². The van der Waals surface area contributed by atoms with E-state index in [9.17, 15) is 8.78 Å². The van der Waals surface area contributed by atoms with Crippen LogP contribution in [-0.2, 0) is 0 Å². The van der Waals surface area contributed by atoms with Crippen LogP contribution in [0.5, 0.6) is 0 Å². The number of nitrogens with zero attached hydrogens (tertiary/aromatic N) is 4. The third kappa shape index (κ3) is 2.25. The molecule has 5 rings (SSSR count). The first kappa shape index (κ1) is 14.7. The van der Waals surface area contributed by atoms with E-state index in [2.05, 4.69) is 20.3 Å². The summed E-state index contributed by atoms with van der Waals surface area (Å²) in [5, 5.41) is 13.6. The second kappa shape index (κ2) is 5.45. The largest absolute Gasteiger partial charge is 0.361 e. The van der Waals surface area contributed by atoms with E-state index in [1.807, 2.05) is 36.5 Å². The average Bonchev–Trinajstić information content (AvgIpc) is 3.29. The predicted molar refractivity (Wildman–Crippen MR) is 93.4 cm³/mol. The van der Waals surface area contributed by atoms with Crippen LogP contribution in [0.3, 0.4) is 0 Å². The van der Waals surface area contributed by atoms with Gasteiger partial charge in [0.1, 0.15) is 11.6 Å². The average molecular weight is 347 g/mol. The number of aromatic nitrogens is 5. The second-order valence-electron chi connectivity index (χ2n) is 5.92. The molecule has 0 bridgehead atoms. The molecule has 5 aromatic rings. The normalized spacial score (nSPS) is 11.5. The van der Waals surface area contributed by atoms with E-state index >= 15 is 0 Å². The smallest absolute Gasteiger partial charge is 0.188 e. The lowest BCUT2D eigenvalue weighted by molar-refractivity contribution is 0.601. The molecule has 0 saturated carbocycles. The van der Waals surface area contributed by atoms with Gasteiger partial charge in [0.05, 0.1) is 11.3 Å². The Morgan fingerprint density at radius 3 is 2.73 bits per heavy atom. The first-order valence-electron chi connectivity index (χ1n) is 7.94. The van der Waals surface area contributed by atoms with E-state index in [0.29, 0.717) is 11.3 Å². The molecule has 0 amide bonds. The molecule has 26 heavy (non-hydrogen) atoms. The molecule has 0 aliphatic heterocycles. The maximum Gasteiger partial charge on any atom is 0.188 e. The molecular formula is C19H11F2N5. The van der Waals surface area contributed by atoms with E-state index < -0.39 is 11.6 Å². The zero-order valence-corrected chi connectivity index (χ0v) is 13.3. The lowest BCUT2D eigenvalue weighted by Gasteiger charge is -2.05. The molecule has 2 aromatic carbocycles. The van der Waals surface area contributed by atoms with Gasteiger partial charge >= 0.3 is 0 Å². The molecule has 0 aliphatic rings. The molecule has 7 heteroatoms. The minimum Gasteiger partial charge on any atom is -0.361 e. The van der Waals surface area contributed by atoms with Crippen molar-refractivity contribution < 1.29 is 8.78 Å². The van der Waals surface area contributed by atoms with Crippen molar-refractivity contribution in [3.63, 3.8) is 0 Å². The van der Waals surface area contributed by atoms with Gasteiger partial charge in [0.15, 0.2) is 11.5 Å². The fourth-order valence-corrected chi connectivity index (χ4v) is 2.99. The minimum absolute atomic E-state index is 0.0169. The predicted octanol–water partition coefficient (Wildman–Crippen LogP) is 4.22. The van der Waals surface area contributed by atoms with Crippen LogP contribution in [0.2, 0.25) is 0 Å². The number of halogens is 2.